The van der Waals surface area contributed by atoms with Crippen LogP contribution in [-0.4, -0.2) is 49.6 Å². The van der Waals surface area contributed by atoms with Crippen molar-refractivity contribution in [2.75, 3.05) is 27.8 Å². The number of carbonyl (C=O) groups is 2. The number of carbonyl (C=O) groups excluding carboxylic acids is 2. The van der Waals surface area contributed by atoms with Gasteiger partial charge in [-0.15, -0.1) is 0 Å². The van der Waals surface area contributed by atoms with E-state index >= 15 is 0 Å². The van der Waals surface area contributed by atoms with E-state index in [1.54, 1.807) is 56.5 Å². The molecule has 0 aromatic carbocycles. The molecule has 0 amide bonds. The van der Waals surface area contributed by atoms with Crippen LogP contribution in [0.25, 0.3) is 5.57 Å². The maximum absolute atomic E-state index is 12.1. The minimum Gasteiger partial charge on any atom is -0.464 e. The zero-order valence-electron chi connectivity index (χ0n) is 13.7. The molecule has 0 unspecified atom stereocenters. The van der Waals surface area contributed by atoms with E-state index in [2.05, 4.69) is 10.3 Å². The maximum Gasteiger partial charge on any atom is 0.355 e. The first-order valence-electron chi connectivity index (χ1n) is 7.01. The van der Waals surface area contributed by atoms with Crippen molar-refractivity contribution >= 4 is 17.5 Å². The summed E-state index contributed by atoms with van der Waals surface area (Å²) >= 11 is 0. The molecule has 23 heavy (non-hydrogen) atoms. The molecule has 1 rings (SSSR count). The molecule has 7 nitrogen and oxygen atoms in total. The maximum atomic E-state index is 12.1. The average molecular weight is 319 g/mol. The van der Waals surface area contributed by atoms with E-state index < -0.39 is 11.9 Å². The zero-order chi connectivity index (χ0) is 17.2. The van der Waals surface area contributed by atoms with Crippen molar-refractivity contribution in [2.45, 2.75) is 6.92 Å². The fourth-order valence-corrected chi connectivity index (χ4v) is 1.64. The highest BCUT2D eigenvalue weighted by molar-refractivity contribution is 6.15. The van der Waals surface area contributed by atoms with Crippen molar-refractivity contribution in [2.24, 2.45) is 0 Å². The minimum absolute atomic E-state index is 0.176. The van der Waals surface area contributed by atoms with Crippen molar-refractivity contribution < 1.29 is 19.1 Å². The number of nitrogens with zero attached hydrogens (tertiary/aromatic N) is 2. The summed E-state index contributed by atoms with van der Waals surface area (Å²) in [4.78, 5) is 29.7. The molecule has 0 radical (unpaired) electrons. The van der Waals surface area contributed by atoms with Gasteiger partial charge in [-0.1, -0.05) is 6.07 Å². The quantitative estimate of drug-likeness (QED) is 0.596. The lowest BCUT2D eigenvalue weighted by Crippen LogP contribution is -2.21. The van der Waals surface area contributed by atoms with Gasteiger partial charge in [-0.25, -0.2) is 9.59 Å². The molecule has 0 saturated carbocycles. The molecule has 0 spiro atoms. The summed E-state index contributed by atoms with van der Waals surface area (Å²) in [5.41, 5.74) is 0.823. The predicted molar refractivity (Wildman–Crippen MR) is 85.8 cm³/mol. The van der Waals surface area contributed by atoms with Gasteiger partial charge in [0.25, 0.3) is 0 Å². The predicted octanol–water partition coefficient (Wildman–Crippen LogP) is 1.15. The molecule has 0 fully saturated rings. The van der Waals surface area contributed by atoms with Gasteiger partial charge in [0.2, 0.25) is 0 Å². The first kappa shape index (κ1) is 18.2. The zero-order valence-corrected chi connectivity index (χ0v) is 13.7. The van der Waals surface area contributed by atoms with E-state index in [0.29, 0.717) is 5.69 Å². The van der Waals surface area contributed by atoms with Crippen molar-refractivity contribution in [3.8, 4) is 0 Å². The number of esters is 2. The van der Waals surface area contributed by atoms with Crippen molar-refractivity contribution in [3.05, 3.63) is 48.2 Å². The first-order chi connectivity index (χ1) is 11.0. The number of ether oxygens (including phenoxy) is 2. The summed E-state index contributed by atoms with van der Waals surface area (Å²) in [6.07, 6.45) is 4.50. The topological polar surface area (TPSA) is 80.8 Å². The second-order valence-corrected chi connectivity index (χ2v) is 4.64. The van der Waals surface area contributed by atoms with Crippen LogP contribution in [0, 0.1) is 0 Å². The molecule has 1 heterocycles. The molecule has 1 aromatic rings. The number of hydrogen-bond acceptors (Lipinski definition) is 7. The van der Waals surface area contributed by atoms with E-state index in [1.165, 1.54) is 13.3 Å². The van der Waals surface area contributed by atoms with Crippen LogP contribution in [0.3, 0.4) is 0 Å². The Bertz CT molecular complexity index is 595. The van der Waals surface area contributed by atoms with E-state index in [1.807, 2.05) is 0 Å². The SMILES string of the molecule is CCOC(=O)/C(=C\N/C(=C/N(C)C)C(=O)OC)c1ccccn1. The molecule has 0 aliphatic rings. The lowest BCUT2D eigenvalue weighted by Gasteiger charge is -2.12. The molecule has 0 aliphatic heterocycles. The van der Waals surface area contributed by atoms with Gasteiger partial charge in [0.15, 0.2) is 0 Å². The number of pyridine rings is 1. The molecular weight excluding hydrogens is 298 g/mol. The molecule has 0 bridgehead atoms. The van der Waals surface area contributed by atoms with Crippen LogP contribution in [0.5, 0.6) is 0 Å². The standard InChI is InChI=1S/C16H21N3O4/c1-5-23-15(20)12(13-8-6-7-9-17-13)10-18-14(11-19(2)3)16(21)22-4/h6-11,18H,5H2,1-4H3/b12-10-,14-11+. The van der Waals surface area contributed by atoms with Crippen LogP contribution in [0.1, 0.15) is 12.6 Å². The molecule has 1 N–H and O–H groups in total. The Balaban J connectivity index is 3.13. The highest BCUT2D eigenvalue weighted by Crippen LogP contribution is 2.13. The third kappa shape index (κ3) is 5.82. The molecule has 7 heteroatoms. The second-order valence-electron chi connectivity index (χ2n) is 4.64. The van der Waals surface area contributed by atoms with E-state index in [0.717, 1.165) is 0 Å². The molecule has 0 aliphatic carbocycles. The molecule has 124 valence electrons. The fourth-order valence-electron chi connectivity index (χ4n) is 1.64. The average Bonchev–Trinajstić information content (AvgIpc) is 2.54. The Labute approximate surface area is 135 Å². The molecule has 0 saturated heterocycles. The normalized spacial score (nSPS) is 11.7. The third-order valence-electron chi connectivity index (χ3n) is 2.60. The fraction of sp³-hybridized carbons (Fsp3) is 0.312. The first-order valence-corrected chi connectivity index (χ1v) is 7.01. The van der Waals surface area contributed by atoms with Gasteiger partial charge >= 0.3 is 11.9 Å². The summed E-state index contributed by atoms with van der Waals surface area (Å²) in [6, 6.07) is 5.18. The summed E-state index contributed by atoms with van der Waals surface area (Å²) < 4.78 is 9.73. The van der Waals surface area contributed by atoms with Gasteiger partial charge in [0.05, 0.1) is 19.4 Å². The van der Waals surface area contributed by atoms with Crippen LogP contribution in [-0.2, 0) is 19.1 Å². The third-order valence-corrected chi connectivity index (χ3v) is 2.60. The number of nitrogens with one attached hydrogen (secondary N) is 1. The van der Waals surface area contributed by atoms with Crippen LogP contribution < -0.4 is 5.32 Å². The van der Waals surface area contributed by atoms with Gasteiger partial charge in [-0.05, 0) is 19.1 Å². The minimum atomic E-state index is -0.556. The summed E-state index contributed by atoms with van der Waals surface area (Å²) in [7, 11) is 4.81. The molecular formula is C16H21N3O4. The monoisotopic (exact) mass is 319 g/mol. The van der Waals surface area contributed by atoms with Crippen molar-refractivity contribution in [3.63, 3.8) is 0 Å². The van der Waals surface area contributed by atoms with Crippen LogP contribution in [0.4, 0.5) is 0 Å². The van der Waals surface area contributed by atoms with Crippen LogP contribution >= 0.6 is 0 Å². The summed E-state index contributed by atoms with van der Waals surface area (Å²) in [5, 5.41) is 2.78. The van der Waals surface area contributed by atoms with Crippen molar-refractivity contribution in [1.82, 2.24) is 15.2 Å². The van der Waals surface area contributed by atoms with Crippen LogP contribution in [0.2, 0.25) is 0 Å². The Morgan fingerprint density at radius 3 is 2.57 bits per heavy atom. The number of rotatable bonds is 7. The Hall–Kier alpha value is -2.83. The number of aromatic nitrogens is 1. The van der Waals surface area contributed by atoms with Crippen LogP contribution in [0.15, 0.2) is 42.5 Å². The lowest BCUT2D eigenvalue weighted by molar-refractivity contribution is -0.137. The highest BCUT2D eigenvalue weighted by atomic mass is 16.5. The van der Waals surface area contributed by atoms with E-state index in [-0.39, 0.29) is 17.9 Å². The van der Waals surface area contributed by atoms with Gasteiger partial charge in [0, 0.05) is 32.7 Å². The largest absolute Gasteiger partial charge is 0.464 e. The molecule has 0 atom stereocenters. The number of hydrogen-bond donors (Lipinski definition) is 1. The van der Waals surface area contributed by atoms with Gasteiger partial charge in [-0.2, -0.15) is 0 Å². The molecule has 1 aromatic heterocycles. The summed E-state index contributed by atoms with van der Waals surface area (Å²) in [6.45, 7) is 1.95. The lowest BCUT2D eigenvalue weighted by atomic mass is 10.2. The second kappa shape index (κ2) is 9.24. The Morgan fingerprint density at radius 1 is 1.30 bits per heavy atom. The number of methoxy groups -OCH3 is 1. The van der Waals surface area contributed by atoms with Crippen molar-refractivity contribution in [1.29, 1.82) is 0 Å². The van der Waals surface area contributed by atoms with E-state index in [9.17, 15) is 9.59 Å². The smallest absolute Gasteiger partial charge is 0.355 e. The summed E-state index contributed by atoms with van der Waals surface area (Å²) in [5.74, 6) is -1.09. The van der Waals surface area contributed by atoms with Gasteiger partial charge in [0.1, 0.15) is 11.3 Å². The van der Waals surface area contributed by atoms with E-state index in [4.69, 9.17) is 9.47 Å². The van der Waals surface area contributed by atoms with Gasteiger partial charge in [-0.3, -0.25) is 4.98 Å². The highest BCUT2D eigenvalue weighted by Gasteiger charge is 2.16. The Morgan fingerprint density at radius 2 is 2.04 bits per heavy atom. The Kier molecular flexibility index (Phi) is 7.32. The van der Waals surface area contributed by atoms with Gasteiger partial charge < -0.3 is 19.7 Å².